The van der Waals surface area contributed by atoms with Gasteiger partial charge in [-0.15, -0.1) is 0 Å². The number of guanidine groups is 1. The van der Waals surface area contributed by atoms with Crippen molar-refractivity contribution in [1.82, 2.24) is 10.2 Å². The molecule has 2 rings (SSSR count). The van der Waals surface area contributed by atoms with Gasteiger partial charge in [-0.25, -0.2) is 0 Å². The van der Waals surface area contributed by atoms with Gasteiger partial charge in [0.05, 0.1) is 0 Å². The summed E-state index contributed by atoms with van der Waals surface area (Å²) in [7, 11) is 0. The lowest BCUT2D eigenvalue weighted by Crippen LogP contribution is -2.52. The first-order chi connectivity index (χ1) is 9.22. The number of nitrogens with one attached hydrogen (secondary N) is 1. The fraction of sp³-hybridized carbons (Fsp3) is 0.786. The Hall–Kier alpha value is -1.39. The van der Waals surface area contributed by atoms with Crippen LogP contribution in [0, 0.1) is 5.92 Å². The standard InChI is InChI=1S/C14H23N3O2/c1-2-3-5-8-11-12(18)15-14(16-13(11)19)17-9-6-4-7-10-17/h11H,2-10H2,1H3,(H,15,16,18,19). The summed E-state index contributed by atoms with van der Waals surface area (Å²) < 4.78 is 0. The van der Waals surface area contributed by atoms with Gasteiger partial charge >= 0.3 is 0 Å². The second kappa shape index (κ2) is 6.68. The van der Waals surface area contributed by atoms with E-state index in [2.05, 4.69) is 17.2 Å². The van der Waals surface area contributed by atoms with Gasteiger partial charge < -0.3 is 4.90 Å². The molecule has 2 amide bonds. The Morgan fingerprint density at radius 2 is 1.95 bits per heavy atom. The van der Waals surface area contributed by atoms with Gasteiger partial charge in [-0.2, -0.15) is 4.99 Å². The fourth-order valence-electron chi connectivity index (χ4n) is 2.63. The summed E-state index contributed by atoms with van der Waals surface area (Å²) in [6.07, 6.45) is 7.09. The number of hydrogen-bond donors (Lipinski definition) is 1. The van der Waals surface area contributed by atoms with Crippen molar-refractivity contribution in [3.8, 4) is 0 Å². The van der Waals surface area contributed by atoms with Crippen molar-refractivity contribution in [2.75, 3.05) is 13.1 Å². The first kappa shape index (κ1) is 14.0. The molecule has 2 heterocycles. The fourth-order valence-corrected chi connectivity index (χ4v) is 2.63. The van der Waals surface area contributed by atoms with Crippen LogP contribution in [-0.2, 0) is 9.59 Å². The molecule has 0 aliphatic carbocycles. The summed E-state index contributed by atoms with van der Waals surface area (Å²) in [5, 5.41) is 2.81. The van der Waals surface area contributed by atoms with Crippen LogP contribution < -0.4 is 5.32 Å². The monoisotopic (exact) mass is 265 g/mol. The van der Waals surface area contributed by atoms with Crippen LogP contribution in [0.3, 0.4) is 0 Å². The lowest BCUT2D eigenvalue weighted by molar-refractivity contribution is -0.134. The molecule has 2 aliphatic heterocycles. The molecule has 106 valence electrons. The first-order valence-corrected chi connectivity index (χ1v) is 7.40. The van der Waals surface area contributed by atoms with E-state index in [0.29, 0.717) is 12.4 Å². The summed E-state index contributed by atoms with van der Waals surface area (Å²) in [5.41, 5.74) is 0. The number of piperidine rings is 1. The number of rotatable bonds is 4. The molecule has 1 fully saturated rings. The molecule has 5 nitrogen and oxygen atoms in total. The van der Waals surface area contributed by atoms with Gasteiger partial charge in [-0.3, -0.25) is 14.9 Å². The van der Waals surface area contributed by atoms with Crippen LogP contribution >= 0.6 is 0 Å². The third-order valence-corrected chi connectivity index (χ3v) is 3.82. The number of carbonyl (C=O) groups excluding carboxylic acids is 2. The Bertz CT molecular complexity index is 373. The van der Waals surface area contributed by atoms with Crippen molar-refractivity contribution >= 4 is 17.8 Å². The van der Waals surface area contributed by atoms with E-state index < -0.39 is 5.92 Å². The van der Waals surface area contributed by atoms with E-state index in [-0.39, 0.29) is 11.8 Å². The van der Waals surface area contributed by atoms with E-state index in [4.69, 9.17) is 0 Å². The second-order valence-electron chi connectivity index (χ2n) is 5.36. The topological polar surface area (TPSA) is 61.8 Å². The molecule has 0 aromatic carbocycles. The Labute approximate surface area is 114 Å². The minimum atomic E-state index is -0.569. The van der Waals surface area contributed by atoms with Gasteiger partial charge in [0.2, 0.25) is 11.9 Å². The van der Waals surface area contributed by atoms with Crippen LogP contribution in [-0.4, -0.2) is 35.8 Å². The largest absolute Gasteiger partial charge is 0.342 e. The lowest BCUT2D eigenvalue weighted by Gasteiger charge is -2.32. The Morgan fingerprint density at radius 3 is 2.58 bits per heavy atom. The molecule has 1 saturated heterocycles. The van der Waals surface area contributed by atoms with E-state index in [9.17, 15) is 9.59 Å². The number of unbranched alkanes of at least 4 members (excludes halogenated alkanes) is 2. The average molecular weight is 265 g/mol. The van der Waals surface area contributed by atoms with Gasteiger partial charge in [0, 0.05) is 13.1 Å². The third kappa shape index (κ3) is 3.55. The van der Waals surface area contributed by atoms with Gasteiger partial charge in [-0.05, 0) is 25.7 Å². The molecular formula is C14H23N3O2. The SMILES string of the molecule is CCCCCC1C(=O)N=C(N2CCCCC2)NC1=O. The molecule has 1 N–H and O–H groups in total. The summed E-state index contributed by atoms with van der Waals surface area (Å²) in [5.74, 6) is -0.529. The zero-order chi connectivity index (χ0) is 13.7. The quantitative estimate of drug-likeness (QED) is 0.621. The van der Waals surface area contributed by atoms with Gasteiger partial charge in [0.25, 0.3) is 5.91 Å². The predicted molar refractivity (Wildman–Crippen MR) is 73.6 cm³/mol. The van der Waals surface area contributed by atoms with Gasteiger partial charge in [-0.1, -0.05) is 26.2 Å². The lowest BCUT2D eigenvalue weighted by atomic mass is 9.98. The summed E-state index contributed by atoms with van der Waals surface area (Å²) >= 11 is 0. The highest BCUT2D eigenvalue weighted by Gasteiger charge is 2.33. The van der Waals surface area contributed by atoms with Crippen molar-refractivity contribution in [3.63, 3.8) is 0 Å². The average Bonchev–Trinajstić information content (AvgIpc) is 2.43. The van der Waals surface area contributed by atoms with Crippen LogP contribution in [0.4, 0.5) is 0 Å². The Balaban J connectivity index is 1.96. The molecule has 1 atom stereocenters. The smallest absolute Gasteiger partial charge is 0.261 e. The van der Waals surface area contributed by atoms with E-state index in [1.54, 1.807) is 0 Å². The predicted octanol–water partition coefficient (Wildman–Crippen LogP) is 1.68. The van der Waals surface area contributed by atoms with E-state index in [0.717, 1.165) is 45.2 Å². The van der Waals surface area contributed by atoms with Crippen molar-refractivity contribution in [2.45, 2.75) is 51.9 Å². The first-order valence-electron chi connectivity index (χ1n) is 7.40. The highest BCUT2D eigenvalue weighted by atomic mass is 16.2. The van der Waals surface area contributed by atoms with Crippen LogP contribution in [0.1, 0.15) is 51.9 Å². The molecule has 5 heteroatoms. The van der Waals surface area contributed by atoms with Gasteiger partial charge in [0.15, 0.2) is 0 Å². The molecule has 1 unspecified atom stereocenters. The van der Waals surface area contributed by atoms with Gasteiger partial charge in [0.1, 0.15) is 5.92 Å². The molecule has 0 bridgehead atoms. The van der Waals surface area contributed by atoms with Crippen LogP contribution in [0.15, 0.2) is 4.99 Å². The minimum Gasteiger partial charge on any atom is -0.342 e. The normalized spacial score (nSPS) is 24.2. The van der Waals surface area contributed by atoms with Crippen molar-refractivity contribution in [2.24, 2.45) is 10.9 Å². The molecule has 0 saturated carbocycles. The number of hydrogen-bond acceptors (Lipinski definition) is 3. The van der Waals surface area contributed by atoms with Crippen LogP contribution in [0.2, 0.25) is 0 Å². The van der Waals surface area contributed by atoms with E-state index in [1.165, 1.54) is 6.42 Å². The molecule has 19 heavy (non-hydrogen) atoms. The summed E-state index contributed by atoms with van der Waals surface area (Å²) in [6, 6.07) is 0. The van der Waals surface area contributed by atoms with Crippen LogP contribution in [0.5, 0.6) is 0 Å². The number of amides is 2. The summed E-state index contributed by atoms with van der Waals surface area (Å²) in [6.45, 7) is 3.87. The second-order valence-corrected chi connectivity index (χ2v) is 5.36. The molecule has 0 aromatic rings. The highest BCUT2D eigenvalue weighted by Crippen LogP contribution is 2.17. The van der Waals surface area contributed by atoms with Crippen LogP contribution in [0.25, 0.3) is 0 Å². The Kier molecular flexibility index (Phi) is 4.93. The molecule has 0 aromatic heterocycles. The number of carbonyl (C=O) groups is 2. The molecular weight excluding hydrogens is 242 g/mol. The minimum absolute atomic E-state index is 0.170. The molecule has 0 spiro atoms. The maximum absolute atomic E-state index is 12.0. The number of nitrogens with zero attached hydrogens (tertiary/aromatic N) is 2. The van der Waals surface area contributed by atoms with Crippen molar-refractivity contribution in [1.29, 1.82) is 0 Å². The highest BCUT2D eigenvalue weighted by molar-refractivity contribution is 6.15. The van der Waals surface area contributed by atoms with Crippen molar-refractivity contribution < 1.29 is 9.59 Å². The number of likely N-dealkylation sites (tertiary alicyclic amines) is 1. The van der Waals surface area contributed by atoms with E-state index >= 15 is 0 Å². The zero-order valence-corrected chi connectivity index (χ0v) is 11.7. The van der Waals surface area contributed by atoms with E-state index in [1.807, 2.05) is 4.90 Å². The summed E-state index contributed by atoms with van der Waals surface area (Å²) in [4.78, 5) is 30.1. The third-order valence-electron chi connectivity index (χ3n) is 3.82. The molecule has 2 aliphatic rings. The maximum atomic E-state index is 12.0. The zero-order valence-electron chi connectivity index (χ0n) is 11.7. The number of aliphatic imine (C=N–C) groups is 1. The van der Waals surface area contributed by atoms with Crippen molar-refractivity contribution in [3.05, 3.63) is 0 Å². The Morgan fingerprint density at radius 1 is 1.21 bits per heavy atom. The molecule has 0 radical (unpaired) electrons. The maximum Gasteiger partial charge on any atom is 0.261 e.